The van der Waals surface area contributed by atoms with Crippen molar-refractivity contribution in [3.8, 4) is 0 Å². The van der Waals surface area contributed by atoms with Crippen LogP contribution in [0.15, 0.2) is 29.1 Å². The number of amides is 1. The number of nitrogens with zero attached hydrogens (tertiary/aromatic N) is 3. The highest BCUT2D eigenvalue weighted by atomic mass is 32.1. The molecule has 0 fully saturated rings. The summed E-state index contributed by atoms with van der Waals surface area (Å²) in [6, 6.07) is 6.49. The summed E-state index contributed by atoms with van der Waals surface area (Å²) in [6.45, 7) is 2.37. The molecule has 1 N–H and O–H groups in total. The van der Waals surface area contributed by atoms with Gasteiger partial charge in [-0.1, -0.05) is 0 Å². The average molecular weight is 469 g/mol. The maximum atomic E-state index is 13.5. The molecule has 174 valence electrons. The van der Waals surface area contributed by atoms with Crippen molar-refractivity contribution in [2.45, 2.75) is 45.7 Å². The number of carbonyl (C=O) groups is 2. The maximum absolute atomic E-state index is 13.5. The standard InChI is InChI=1S/C24H28N4O4S/c1-4-32-24(31)15-9-11-16(12-10-15)25-20(29)14-28-19(13-27(2)3)26-22-21(23(28)30)17-7-5-6-8-18(17)33-22/h9-12H,4-8,13-14H2,1-3H3,(H,25,29). The molecule has 1 aliphatic carbocycles. The number of rotatable bonds is 7. The highest BCUT2D eigenvalue weighted by Crippen LogP contribution is 2.33. The van der Waals surface area contributed by atoms with Crippen LogP contribution in [0.1, 0.15) is 46.4 Å². The van der Waals surface area contributed by atoms with E-state index in [-0.39, 0.29) is 18.0 Å². The van der Waals surface area contributed by atoms with Crippen LogP contribution in [0.3, 0.4) is 0 Å². The van der Waals surface area contributed by atoms with Gasteiger partial charge in [-0.3, -0.25) is 14.2 Å². The fourth-order valence-corrected chi connectivity index (χ4v) is 5.37. The van der Waals surface area contributed by atoms with Gasteiger partial charge in [0.25, 0.3) is 5.56 Å². The van der Waals surface area contributed by atoms with Crippen LogP contribution in [0.25, 0.3) is 10.2 Å². The summed E-state index contributed by atoms with van der Waals surface area (Å²) in [5.74, 6) is -0.163. The molecule has 0 bridgehead atoms. The molecule has 0 atom stereocenters. The third kappa shape index (κ3) is 4.99. The van der Waals surface area contributed by atoms with Gasteiger partial charge < -0.3 is 15.0 Å². The number of fused-ring (bicyclic) bond motifs is 3. The third-order valence-corrected chi connectivity index (χ3v) is 6.78. The topological polar surface area (TPSA) is 93.5 Å². The summed E-state index contributed by atoms with van der Waals surface area (Å²) in [5, 5.41) is 3.48. The van der Waals surface area contributed by atoms with Crippen molar-refractivity contribution in [3.63, 3.8) is 0 Å². The molecule has 0 aliphatic heterocycles. The Kier molecular flexibility index (Phi) is 6.90. The van der Waals surface area contributed by atoms with E-state index in [1.165, 1.54) is 9.44 Å². The van der Waals surface area contributed by atoms with Gasteiger partial charge >= 0.3 is 5.97 Å². The van der Waals surface area contributed by atoms with Crippen LogP contribution in [0.2, 0.25) is 0 Å². The van der Waals surface area contributed by atoms with Gasteiger partial charge in [0.05, 0.1) is 24.1 Å². The first kappa shape index (κ1) is 23.1. The molecule has 2 heterocycles. The second-order valence-electron chi connectivity index (χ2n) is 8.39. The molecule has 8 nitrogen and oxygen atoms in total. The molecule has 3 aromatic rings. The monoisotopic (exact) mass is 468 g/mol. The lowest BCUT2D eigenvalue weighted by Crippen LogP contribution is -2.33. The van der Waals surface area contributed by atoms with Gasteiger partial charge in [0.1, 0.15) is 17.2 Å². The zero-order valence-electron chi connectivity index (χ0n) is 19.1. The minimum Gasteiger partial charge on any atom is -0.462 e. The second kappa shape index (κ2) is 9.84. The third-order valence-electron chi connectivity index (χ3n) is 5.59. The second-order valence-corrected chi connectivity index (χ2v) is 9.48. The molecule has 0 spiro atoms. The number of esters is 1. The predicted molar refractivity (Wildman–Crippen MR) is 129 cm³/mol. The predicted octanol–water partition coefficient (Wildman–Crippen LogP) is 3.21. The number of anilines is 1. The van der Waals surface area contributed by atoms with Gasteiger partial charge in [-0.05, 0) is 76.5 Å². The summed E-state index contributed by atoms with van der Waals surface area (Å²) < 4.78 is 6.47. The number of aryl methyl sites for hydroxylation is 2. The Morgan fingerprint density at radius 1 is 1.18 bits per heavy atom. The lowest BCUT2D eigenvalue weighted by atomic mass is 9.97. The van der Waals surface area contributed by atoms with Crippen LogP contribution in [0, 0.1) is 0 Å². The van der Waals surface area contributed by atoms with Crippen LogP contribution in [0.5, 0.6) is 0 Å². The Morgan fingerprint density at radius 2 is 1.91 bits per heavy atom. The maximum Gasteiger partial charge on any atom is 0.338 e. The Hall–Kier alpha value is -3.04. The number of nitrogens with one attached hydrogen (secondary N) is 1. The molecular formula is C24H28N4O4S. The van der Waals surface area contributed by atoms with Crippen molar-refractivity contribution in [1.82, 2.24) is 14.5 Å². The van der Waals surface area contributed by atoms with Crippen molar-refractivity contribution < 1.29 is 14.3 Å². The minimum absolute atomic E-state index is 0.130. The van der Waals surface area contributed by atoms with Crippen molar-refractivity contribution >= 4 is 39.1 Å². The normalized spacial score (nSPS) is 13.2. The average Bonchev–Trinajstić information content (AvgIpc) is 3.15. The van der Waals surface area contributed by atoms with E-state index in [1.807, 2.05) is 19.0 Å². The van der Waals surface area contributed by atoms with Crippen LogP contribution >= 0.6 is 11.3 Å². The number of hydrogen-bond donors (Lipinski definition) is 1. The van der Waals surface area contributed by atoms with Crippen LogP contribution in [-0.4, -0.2) is 47.0 Å². The summed E-state index contributed by atoms with van der Waals surface area (Å²) in [4.78, 5) is 46.9. The number of carbonyl (C=O) groups excluding carboxylic acids is 2. The summed E-state index contributed by atoms with van der Waals surface area (Å²) in [5.41, 5.74) is 1.91. The lowest BCUT2D eigenvalue weighted by molar-refractivity contribution is -0.116. The highest BCUT2D eigenvalue weighted by Gasteiger charge is 2.23. The van der Waals surface area contributed by atoms with E-state index in [0.717, 1.165) is 36.1 Å². The number of aromatic nitrogens is 2. The lowest BCUT2D eigenvalue weighted by Gasteiger charge is -2.16. The van der Waals surface area contributed by atoms with E-state index in [9.17, 15) is 14.4 Å². The minimum atomic E-state index is -0.409. The molecule has 4 rings (SSSR count). The molecule has 9 heteroatoms. The number of thiophene rings is 1. The smallest absolute Gasteiger partial charge is 0.338 e. The molecule has 0 unspecified atom stereocenters. The summed E-state index contributed by atoms with van der Waals surface area (Å²) in [6.07, 6.45) is 4.08. The van der Waals surface area contributed by atoms with Gasteiger partial charge in [-0.15, -0.1) is 11.3 Å². The first-order valence-corrected chi connectivity index (χ1v) is 11.9. The van der Waals surface area contributed by atoms with E-state index in [0.29, 0.717) is 35.6 Å². The summed E-state index contributed by atoms with van der Waals surface area (Å²) in [7, 11) is 3.82. The van der Waals surface area contributed by atoms with E-state index in [2.05, 4.69) is 5.32 Å². The zero-order valence-corrected chi connectivity index (χ0v) is 20.0. The fourth-order valence-electron chi connectivity index (χ4n) is 4.10. The molecule has 1 aliphatic rings. The van der Waals surface area contributed by atoms with Gasteiger partial charge in [0.15, 0.2) is 0 Å². The summed E-state index contributed by atoms with van der Waals surface area (Å²) >= 11 is 1.61. The molecule has 0 saturated carbocycles. The van der Waals surface area contributed by atoms with Crippen molar-refractivity contribution in [3.05, 3.63) is 56.4 Å². The van der Waals surface area contributed by atoms with E-state index in [1.54, 1.807) is 42.5 Å². The van der Waals surface area contributed by atoms with Crippen molar-refractivity contribution in [2.75, 3.05) is 26.0 Å². The molecule has 0 saturated heterocycles. The Labute approximate surface area is 196 Å². The van der Waals surface area contributed by atoms with Crippen molar-refractivity contribution in [2.24, 2.45) is 0 Å². The quantitative estimate of drug-likeness (QED) is 0.535. The van der Waals surface area contributed by atoms with Crippen molar-refractivity contribution in [1.29, 1.82) is 0 Å². The zero-order chi connectivity index (χ0) is 23.5. The Morgan fingerprint density at radius 3 is 2.61 bits per heavy atom. The van der Waals surface area contributed by atoms with Crippen LogP contribution in [0.4, 0.5) is 5.69 Å². The SMILES string of the molecule is CCOC(=O)c1ccc(NC(=O)Cn2c(CN(C)C)nc3sc4c(c3c2=O)CCCC4)cc1. The van der Waals surface area contributed by atoms with Gasteiger partial charge in [0.2, 0.25) is 5.91 Å². The van der Waals surface area contributed by atoms with E-state index >= 15 is 0 Å². The van der Waals surface area contributed by atoms with Crippen LogP contribution < -0.4 is 10.9 Å². The number of ether oxygens (including phenoxy) is 1. The molecule has 1 aromatic carbocycles. The Balaban J connectivity index is 1.61. The van der Waals surface area contributed by atoms with Gasteiger partial charge in [-0.2, -0.15) is 0 Å². The molecule has 0 radical (unpaired) electrons. The number of benzene rings is 1. The molecule has 1 amide bonds. The molecular weight excluding hydrogens is 440 g/mol. The van der Waals surface area contributed by atoms with Gasteiger partial charge in [0, 0.05) is 10.6 Å². The first-order valence-electron chi connectivity index (χ1n) is 11.1. The van der Waals surface area contributed by atoms with Gasteiger partial charge in [-0.25, -0.2) is 9.78 Å². The molecule has 2 aromatic heterocycles. The van der Waals surface area contributed by atoms with E-state index < -0.39 is 5.97 Å². The largest absolute Gasteiger partial charge is 0.462 e. The first-order chi connectivity index (χ1) is 15.9. The highest BCUT2D eigenvalue weighted by molar-refractivity contribution is 7.18. The van der Waals surface area contributed by atoms with E-state index in [4.69, 9.17) is 9.72 Å². The Bertz CT molecular complexity index is 1240. The molecule has 33 heavy (non-hydrogen) atoms. The van der Waals surface area contributed by atoms with Crippen LogP contribution in [-0.2, 0) is 35.5 Å². The fraction of sp³-hybridized carbons (Fsp3) is 0.417. The number of hydrogen-bond acceptors (Lipinski definition) is 7.